The van der Waals surface area contributed by atoms with Crippen molar-refractivity contribution in [3.05, 3.63) is 68.8 Å². The molecular formula is C47H80N6O2. The molecule has 3 aliphatic heterocycles. The summed E-state index contributed by atoms with van der Waals surface area (Å²) in [5.74, 6) is 0. The topological polar surface area (TPSA) is 100 Å². The van der Waals surface area contributed by atoms with Crippen molar-refractivity contribution in [3.8, 4) is 0 Å². The van der Waals surface area contributed by atoms with Gasteiger partial charge in [-0.15, -0.1) is 0 Å². The van der Waals surface area contributed by atoms with Crippen molar-refractivity contribution in [2.75, 3.05) is 77.4 Å². The summed E-state index contributed by atoms with van der Waals surface area (Å²) >= 11 is 0. The molecule has 3 aromatic rings. The van der Waals surface area contributed by atoms with Crippen LogP contribution in [0.5, 0.6) is 0 Å². The van der Waals surface area contributed by atoms with E-state index in [0.29, 0.717) is 18.0 Å². The van der Waals surface area contributed by atoms with E-state index in [-0.39, 0.29) is 0 Å². The smallest absolute Gasteiger partial charge is 0.411 e. The molecule has 310 valence electrons. The molecule has 3 heterocycles. The van der Waals surface area contributed by atoms with E-state index >= 15 is 0 Å². The summed E-state index contributed by atoms with van der Waals surface area (Å²) in [6, 6.07) is 8.78. The van der Waals surface area contributed by atoms with Gasteiger partial charge in [0.05, 0.1) is 18.0 Å². The minimum atomic E-state index is -0.462. The molecular weight excluding hydrogens is 681 g/mol. The molecule has 8 heteroatoms. The first-order chi connectivity index (χ1) is 26.3. The molecule has 3 saturated heterocycles. The molecule has 0 saturated carbocycles. The van der Waals surface area contributed by atoms with Crippen molar-refractivity contribution in [2.24, 2.45) is 0 Å². The van der Waals surface area contributed by atoms with Gasteiger partial charge in [0.25, 0.3) is 0 Å². The summed E-state index contributed by atoms with van der Waals surface area (Å²) in [5, 5.41) is 2.73. The minimum absolute atomic E-state index is 0.343. The highest BCUT2D eigenvalue weighted by atomic mass is 16.5. The maximum atomic E-state index is 11.6. The van der Waals surface area contributed by atoms with Crippen LogP contribution < -0.4 is 31.5 Å². The summed E-state index contributed by atoms with van der Waals surface area (Å²) in [7, 11) is 0. The Kier molecular flexibility index (Phi) is 22.4. The summed E-state index contributed by atoms with van der Waals surface area (Å²) in [5.41, 5.74) is 28.7. The number of nitrogens with one attached hydrogen (secondary N) is 1. The molecule has 8 nitrogen and oxygen atoms in total. The van der Waals surface area contributed by atoms with Crippen molar-refractivity contribution in [1.82, 2.24) is 0 Å². The van der Waals surface area contributed by atoms with Crippen molar-refractivity contribution in [1.29, 1.82) is 0 Å². The van der Waals surface area contributed by atoms with Crippen molar-refractivity contribution >= 4 is 40.2 Å². The molecule has 3 aromatic carbocycles. The standard InChI is InChI=1S/C15H23N3O2.C14H21N.C12H18N2.3C2H6/c1-4-20-15(19)17-14-10(2)9-12(11(3)13(14)16)18-7-5-6-8-18;1-10-9-14(15-7-5-6-8-15)13(4)12(3)11(10)2;1-9-5-6-11(10(2)12(9)13)14-7-3-4-8-14;3*1-2/h9H,4-8,16H2,1-3H3,(H,17,19);9H,5-8H2,1-4H3;5-6H,3-4,7-8,13H2,1-2H3;3*1-2H3. The number of carbonyl (C=O) groups excluding carboxylic acids is 1. The fourth-order valence-electron chi connectivity index (χ4n) is 7.28. The maximum Gasteiger partial charge on any atom is 0.411 e. The number of rotatable bonds is 5. The molecule has 0 spiro atoms. The number of nitrogens with two attached hydrogens (primary N) is 2. The Morgan fingerprint density at radius 1 is 0.545 bits per heavy atom. The Morgan fingerprint density at radius 2 is 0.945 bits per heavy atom. The van der Waals surface area contributed by atoms with Crippen molar-refractivity contribution in [2.45, 2.75) is 142 Å². The van der Waals surface area contributed by atoms with Gasteiger partial charge in [0, 0.05) is 62.0 Å². The summed E-state index contributed by atoms with van der Waals surface area (Å²) < 4.78 is 4.91. The van der Waals surface area contributed by atoms with Gasteiger partial charge >= 0.3 is 6.09 Å². The van der Waals surface area contributed by atoms with E-state index < -0.39 is 6.09 Å². The molecule has 0 bridgehead atoms. The fourth-order valence-corrected chi connectivity index (χ4v) is 7.28. The minimum Gasteiger partial charge on any atom is -0.450 e. The molecule has 0 atom stereocenters. The molecule has 0 radical (unpaired) electrons. The van der Waals surface area contributed by atoms with Crippen LogP contribution in [0.1, 0.15) is 131 Å². The quantitative estimate of drug-likeness (QED) is 0.223. The number of anilines is 6. The molecule has 3 aliphatic rings. The summed E-state index contributed by atoms with van der Waals surface area (Å²) in [6.45, 7) is 38.2. The number of hydrogen-bond donors (Lipinski definition) is 3. The van der Waals surface area contributed by atoms with Crippen LogP contribution >= 0.6 is 0 Å². The number of nitrogen functional groups attached to an aromatic ring is 2. The third-order valence-electron chi connectivity index (χ3n) is 10.8. The number of benzene rings is 3. The van der Waals surface area contributed by atoms with Crippen molar-refractivity contribution in [3.63, 3.8) is 0 Å². The molecule has 3 fully saturated rings. The van der Waals surface area contributed by atoms with Gasteiger partial charge in [-0.25, -0.2) is 4.79 Å². The largest absolute Gasteiger partial charge is 0.450 e. The van der Waals surface area contributed by atoms with Crippen LogP contribution in [0.2, 0.25) is 0 Å². The lowest BCUT2D eigenvalue weighted by Gasteiger charge is -2.24. The van der Waals surface area contributed by atoms with Crippen LogP contribution in [0, 0.1) is 55.4 Å². The zero-order valence-corrected chi connectivity index (χ0v) is 37.8. The Balaban J connectivity index is 0.000000391. The van der Waals surface area contributed by atoms with Gasteiger partial charge < -0.3 is 30.9 Å². The zero-order valence-electron chi connectivity index (χ0n) is 37.8. The Labute approximate surface area is 337 Å². The Hall–Kier alpha value is -4.07. The van der Waals surface area contributed by atoms with Crippen LogP contribution in [0.4, 0.5) is 38.9 Å². The van der Waals surface area contributed by atoms with E-state index in [9.17, 15) is 4.79 Å². The molecule has 0 aromatic heterocycles. The molecule has 6 rings (SSSR count). The fraction of sp³-hybridized carbons (Fsp3) is 0.596. The number of hydrogen-bond acceptors (Lipinski definition) is 7. The Morgan fingerprint density at radius 3 is 1.40 bits per heavy atom. The summed E-state index contributed by atoms with van der Waals surface area (Å²) in [6.07, 6.45) is 7.32. The summed E-state index contributed by atoms with van der Waals surface area (Å²) in [4.78, 5) is 18.9. The van der Waals surface area contributed by atoms with Crippen LogP contribution in [0.15, 0.2) is 24.3 Å². The van der Waals surface area contributed by atoms with Crippen LogP contribution in [0.3, 0.4) is 0 Å². The lowest BCUT2D eigenvalue weighted by atomic mass is 9.97. The predicted molar refractivity (Wildman–Crippen MR) is 245 cm³/mol. The highest BCUT2D eigenvalue weighted by Crippen LogP contribution is 2.36. The number of aryl methyl sites for hydroxylation is 3. The van der Waals surface area contributed by atoms with Gasteiger partial charge in [0.2, 0.25) is 0 Å². The van der Waals surface area contributed by atoms with Gasteiger partial charge in [-0.2, -0.15) is 0 Å². The van der Waals surface area contributed by atoms with E-state index in [2.05, 4.69) is 85.8 Å². The third-order valence-corrected chi connectivity index (χ3v) is 10.8. The van der Waals surface area contributed by atoms with Gasteiger partial charge in [0.15, 0.2) is 0 Å². The van der Waals surface area contributed by atoms with E-state index in [4.69, 9.17) is 16.2 Å². The van der Waals surface area contributed by atoms with E-state index in [0.717, 1.165) is 29.9 Å². The molecule has 5 N–H and O–H groups in total. The number of ether oxygens (including phenoxy) is 1. The average molecular weight is 761 g/mol. The molecule has 55 heavy (non-hydrogen) atoms. The molecule has 1 amide bonds. The van der Waals surface area contributed by atoms with E-state index in [1.54, 1.807) is 6.92 Å². The lowest BCUT2D eigenvalue weighted by molar-refractivity contribution is 0.168. The first-order valence-corrected chi connectivity index (χ1v) is 21.4. The zero-order chi connectivity index (χ0) is 41.8. The lowest BCUT2D eigenvalue weighted by Crippen LogP contribution is -2.21. The maximum absolute atomic E-state index is 11.6. The van der Waals surface area contributed by atoms with Gasteiger partial charge in [-0.1, -0.05) is 47.6 Å². The van der Waals surface area contributed by atoms with E-state index in [1.165, 1.54) is 115 Å². The van der Waals surface area contributed by atoms with Crippen LogP contribution in [-0.2, 0) is 4.74 Å². The number of amides is 1. The Bertz CT molecular complexity index is 1600. The number of carbonyl (C=O) groups is 1. The van der Waals surface area contributed by atoms with Crippen LogP contribution in [-0.4, -0.2) is 52.0 Å². The second-order valence-electron chi connectivity index (χ2n) is 14.1. The normalized spacial score (nSPS) is 14.1. The third kappa shape index (κ3) is 13.3. The van der Waals surface area contributed by atoms with E-state index in [1.807, 2.05) is 55.4 Å². The van der Waals surface area contributed by atoms with Gasteiger partial charge in [0.1, 0.15) is 0 Å². The highest BCUT2D eigenvalue weighted by Gasteiger charge is 2.20. The predicted octanol–water partition coefficient (Wildman–Crippen LogP) is 12.1. The SMILES string of the molecule is CC.CC.CC.CCOC(=O)Nc1c(C)cc(N2CCCC2)c(C)c1N.Cc1cc(N2CCCC2)c(C)c(C)c1C.Cc1ccc(N2CCCC2)c(C)c1N. The van der Waals surface area contributed by atoms with Crippen LogP contribution in [0.25, 0.3) is 0 Å². The van der Waals surface area contributed by atoms with Gasteiger partial charge in [-0.05, 0) is 164 Å². The second-order valence-corrected chi connectivity index (χ2v) is 14.1. The second kappa shape index (κ2) is 25.2. The van der Waals surface area contributed by atoms with Gasteiger partial charge in [-0.3, -0.25) is 5.32 Å². The average Bonchev–Trinajstić information content (AvgIpc) is 4.03. The van der Waals surface area contributed by atoms with Crippen molar-refractivity contribution < 1.29 is 9.53 Å². The first-order valence-electron chi connectivity index (χ1n) is 21.4. The number of nitrogens with zero attached hydrogens (tertiary/aromatic N) is 3. The highest BCUT2D eigenvalue weighted by molar-refractivity contribution is 5.93. The molecule has 0 unspecified atom stereocenters. The molecule has 0 aliphatic carbocycles. The first kappa shape index (κ1) is 48.9. The monoisotopic (exact) mass is 761 g/mol.